The molecule has 118 valence electrons. The molecule has 3 N–H and O–H groups in total. The lowest BCUT2D eigenvalue weighted by molar-refractivity contribution is -0.187. The summed E-state index contributed by atoms with van der Waals surface area (Å²) in [6.07, 6.45) is -4.90. The van der Waals surface area contributed by atoms with Gasteiger partial charge in [-0.2, -0.15) is 13.2 Å². The predicted molar refractivity (Wildman–Crippen MR) is 68.2 cm³/mol. The molecule has 8 heteroatoms. The van der Waals surface area contributed by atoms with Crippen molar-refractivity contribution in [1.29, 1.82) is 0 Å². The molecule has 0 aliphatic carbocycles. The van der Waals surface area contributed by atoms with Gasteiger partial charge in [-0.1, -0.05) is 0 Å². The van der Waals surface area contributed by atoms with Crippen molar-refractivity contribution < 1.29 is 27.1 Å². The smallest absolute Gasteiger partial charge is 0.415 e. The van der Waals surface area contributed by atoms with Crippen LogP contribution in [0.15, 0.2) is 18.2 Å². The largest absolute Gasteiger partial charge is 0.496 e. The number of halogens is 4. The second kappa shape index (κ2) is 5.88. The molecule has 0 fully saturated rings. The number of hydrogen-bond donors (Lipinski definition) is 2. The van der Waals surface area contributed by atoms with Gasteiger partial charge in [-0.05, 0) is 32.0 Å². The highest BCUT2D eigenvalue weighted by atomic mass is 19.4. The molecule has 4 nitrogen and oxygen atoms in total. The molecule has 0 saturated carbocycles. The van der Waals surface area contributed by atoms with E-state index < -0.39 is 29.5 Å². The highest BCUT2D eigenvalue weighted by molar-refractivity contribution is 5.87. The van der Waals surface area contributed by atoms with Gasteiger partial charge in [-0.15, -0.1) is 0 Å². The van der Waals surface area contributed by atoms with Crippen molar-refractivity contribution in [2.75, 3.05) is 7.11 Å². The summed E-state index contributed by atoms with van der Waals surface area (Å²) in [5.41, 5.74) is 2.19. The molecule has 1 aromatic carbocycles. The monoisotopic (exact) mass is 308 g/mol. The minimum Gasteiger partial charge on any atom is -0.496 e. The van der Waals surface area contributed by atoms with Crippen LogP contribution in [0.5, 0.6) is 5.75 Å². The van der Waals surface area contributed by atoms with Crippen molar-refractivity contribution in [3.8, 4) is 5.75 Å². The molecule has 0 aromatic heterocycles. The van der Waals surface area contributed by atoms with Crippen LogP contribution in [0.4, 0.5) is 17.6 Å². The Balaban J connectivity index is 2.99. The zero-order valence-electron chi connectivity index (χ0n) is 11.7. The quantitative estimate of drug-likeness (QED) is 0.839. The van der Waals surface area contributed by atoms with E-state index in [-0.39, 0.29) is 11.3 Å². The lowest BCUT2D eigenvalue weighted by atomic mass is 10.00. The second-order valence-corrected chi connectivity index (χ2v) is 4.78. The van der Waals surface area contributed by atoms with Gasteiger partial charge in [0.25, 0.3) is 0 Å². The normalized spacial score (nSPS) is 16.0. The van der Waals surface area contributed by atoms with Crippen molar-refractivity contribution in [3.05, 3.63) is 29.6 Å². The first-order chi connectivity index (χ1) is 9.50. The maximum Gasteiger partial charge on any atom is 0.415 e. The number of benzene rings is 1. The highest BCUT2D eigenvalue weighted by Crippen LogP contribution is 2.30. The van der Waals surface area contributed by atoms with Gasteiger partial charge in [0.15, 0.2) is 5.54 Å². The Kier molecular flexibility index (Phi) is 4.83. The summed E-state index contributed by atoms with van der Waals surface area (Å²) >= 11 is 0. The molecule has 0 saturated heterocycles. The molecule has 0 heterocycles. The minimum absolute atomic E-state index is 0.212. The molecule has 0 aliphatic heterocycles. The van der Waals surface area contributed by atoms with Gasteiger partial charge >= 0.3 is 6.18 Å². The summed E-state index contributed by atoms with van der Waals surface area (Å²) in [6, 6.07) is 2.62. The number of ether oxygens (including phenoxy) is 1. The number of nitrogens with two attached hydrogens (primary N) is 1. The fourth-order valence-corrected chi connectivity index (χ4v) is 1.60. The molecule has 2 unspecified atom stereocenters. The van der Waals surface area contributed by atoms with Gasteiger partial charge in [-0.25, -0.2) is 4.39 Å². The van der Waals surface area contributed by atoms with E-state index in [1.807, 2.05) is 0 Å². The lowest BCUT2D eigenvalue weighted by Crippen LogP contribution is -2.61. The number of carbonyl (C=O) groups is 1. The second-order valence-electron chi connectivity index (χ2n) is 4.78. The van der Waals surface area contributed by atoms with E-state index in [2.05, 4.69) is 5.32 Å². The minimum atomic E-state index is -4.90. The van der Waals surface area contributed by atoms with Crippen LogP contribution < -0.4 is 15.8 Å². The van der Waals surface area contributed by atoms with Crippen LogP contribution in [0.1, 0.15) is 25.5 Å². The molecule has 0 aliphatic rings. The third kappa shape index (κ3) is 3.63. The van der Waals surface area contributed by atoms with Crippen LogP contribution in [-0.2, 0) is 4.79 Å². The van der Waals surface area contributed by atoms with E-state index in [4.69, 9.17) is 10.5 Å². The summed E-state index contributed by atoms with van der Waals surface area (Å²) in [4.78, 5) is 11.7. The van der Waals surface area contributed by atoms with Gasteiger partial charge in [-0.3, -0.25) is 4.79 Å². The Morgan fingerprint density at radius 2 is 1.95 bits per heavy atom. The van der Waals surface area contributed by atoms with Gasteiger partial charge in [0.05, 0.1) is 13.2 Å². The van der Waals surface area contributed by atoms with Crippen molar-refractivity contribution in [2.24, 2.45) is 5.73 Å². The first-order valence-corrected chi connectivity index (χ1v) is 6.00. The highest BCUT2D eigenvalue weighted by Gasteiger charge is 2.54. The zero-order chi connectivity index (χ0) is 16.4. The van der Waals surface area contributed by atoms with Crippen LogP contribution >= 0.6 is 0 Å². The number of hydrogen-bond acceptors (Lipinski definition) is 3. The van der Waals surface area contributed by atoms with Crippen molar-refractivity contribution >= 4 is 5.91 Å². The van der Waals surface area contributed by atoms with E-state index in [9.17, 15) is 22.4 Å². The first kappa shape index (κ1) is 17.2. The van der Waals surface area contributed by atoms with E-state index in [0.29, 0.717) is 6.92 Å². The van der Waals surface area contributed by atoms with Crippen LogP contribution in [0.25, 0.3) is 0 Å². The maximum atomic E-state index is 13.2. The SMILES string of the molecule is COc1ccc(F)cc1C(C)NC(=O)C(C)(N)C(F)(F)F. The Morgan fingerprint density at radius 1 is 1.38 bits per heavy atom. The number of carbonyl (C=O) groups excluding carboxylic acids is 1. The third-order valence-electron chi connectivity index (χ3n) is 3.07. The fourth-order valence-electron chi connectivity index (χ4n) is 1.60. The topological polar surface area (TPSA) is 64.3 Å². The van der Waals surface area contributed by atoms with Gasteiger partial charge < -0.3 is 15.8 Å². The molecule has 1 amide bonds. The predicted octanol–water partition coefficient (Wildman–Crippen LogP) is 2.29. The average molecular weight is 308 g/mol. The zero-order valence-corrected chi connectivity index (χ0v) is 11.7. The third-order valence-corrected chi connectivity index (χ3v) is 3.07. The lowest BCUT2D eigenvalue weighted by Gasteiger charge is -2.28. The molecule has 0 spiro atoms. The molecular weight excluding hydrogens is 292 g/mol. The first-order valence-electron chi connectivity index (χ1n) is 6.00. The molecule has 2 atom stereocenters. The molecule has 1 aromatic rings. The van der Waals surface area contributed by atoms with E-state index in [1.54, 1.807) is 0 Å². The van der Waals surface area contributed by atoms with Crippen LogP contribution in [0, 0.1) is 5.82 Å². The summed E-state index contributed by atoms with van der Waals surface area (Å²) in [7, 11) is 1.33. The molecule has 0 radical (unpaired) electrons. The Bertz CT molecular complexity index is 529. The maximum absolute atomic E-state index is 13.2. The molecular formula is C13H16F4N2O2. The summed E-state index contributed by atoms with van der Waals surface area (Å²) in [5, 5.41) is 2.11. The van der Waals surface area contributed by atoms with Gasteiger partial charge in [0, 0.05) is 5.56 Å². The fraction of sp³-hybridized carbons (Fsp3) is 0.462. The Hall–Kier alpha value is -1.83. The van der Waals surface area contributed by atoms with Crippen LogP contribution in [-0.4, -0.2) is 24.7 Å². The summed E-state index contributed by atoms with van der Waals surface area (Å²) in [6.45, 7) is 1.97. The van der Waals surface area contributed by atoms with E-state index in [0.717, 1.165) is 12.1 Å². The van der Waals surface area contributed by atoms with Crippen LogP contribution in [0.3, 0.4) is 0 Å². The number of alkyl halides is 3. The van der Waals surface area contributed by atoms with Crippen molar-refractivity contribution in [1.82, 2.24) is 5.32 Å². The van der Waals surface area contributed by atoms with E-state index >= 15 is 0 Å². The van der Waals surface area contributed by atoms with Gasteiger partial charge in [0.1, 0.15) is 11.6 Å². The molecule has 1 rings (SSSR count). The number of rotatable bonds is 4. The van der Waals surface area contributed by atoms with Crippen LogP contribution in [0.2, 0.25) is 0 Å². The number of amides is 1. The standard InChI is InChI=1S/C13H16F4N2O2/c1-7(9-6-8(14)4-5-10(9)21-3)19-11(20)12(2,18)13(15,16)17/h4-7H,18H2,1-3H3,(H,19,20). The summed E-state index contributed by atoms with van der Waals surface area (Å²) in [5.74, 6) is -1.76. The van der Waals surface area contributed by atoms with Crippen molar-refractivity contribution in [2.45, 2.75) is 31.6 Å². The molecule has 0 bridgehead atoms. The summed E-state index contributed by atoms with van der Waals surface area (Å²) < 4.78 is 56.2. The number of methoxy groups -OCH3 is 1. The van der Waals surface area contributed by atoms with Gasteiger partial charge in [0.2, 0.25) is 5.91 Å². The van der Waals surface area contributed by atoms with Crippen molar-refractivity contribution in [3.63, 3.8) is 0 Å². The molecule has 21 heavy (non-hydrogen) atoms. The Morgan fingerprint density at radius 3 is 2.43 bits per heavy atom. The number of nitrogens with one attached hydrogen (secondary N) is 1. The average Bonchev–Trinajstić information content (AvgIpc) is 2.37. The van der Waals surface area contributed by atoms with E-state index in [1.165, 1.54) is 20.1 Å². The Labute approximate surface area is 119 Å².